The van der Waals surface area contributed by atoms with E-state index >= 15 is 0 Å². The van der Waals surface area contributed by atoms with Gasteiger partial charge in [0.25, 0.3) is 0 Å². The van der Waals surface area contributed by atoms with Crippen LogP contribution in [0.15, 0.2) is 0 Å². The van der Waals surface area contributed by atoms with Crippen molar-refractivity contribution in [3.8, 4) is 0 Å². The third-order valence-corrected chi connectivity index (χ3v) is 4.91. The molecule has 108 valence electrons. The van der Waals surface area contributed by atoms with Crippen molar-refractivity contribution in [1.82, 2.24) is 10.2 Å². The predicted molar refractivity (Wildman–Crippen MR) is 71.7 cm³/mol. The summed E-state index contributed by atoms with van der Waals surface area (Å²) in [6.07, 6.45) is 2.58. The van der Waals surface area contributed by atoms with Gasteiger partial charge in [0.15, 0.2) is 0 Å². The van der Waals surface area contributed by atoms with Crippen molar-refractivity contribution in [1.29, 1.82) is 0 Å². The standard InChI is InChI=1S/C14H24N2O3/c1-3-14(4-6-15-7-5-14)13(19)16-8-10(2)11(9-16)12(17)18/h10-11,15H,3-9H2,1-2H3,(H,17,18). The molecule has 0 saturated carbocycles. The summed E-state index contributed by atoms with van der Waals surface area (Å²) in [4.78, 5) is 25.7. The van der Waals surface area contributed by atoms with Crippen molar-refractivity contribution in [2.75, 3.05) is 26.2 Å². The van der Waals surface area contributed by atoms with Crippen molar-refractivity contribution in [2.24, 2.45) is 17.3 Å². The number of carbonyl (C=O) groups is 2. The van der Waals surface area contributed by atoms with Crippen LogP contribution >= 0.6 is 0 Å². The van der Waals surface area contributed by atoms with Crippen LogP contribution in [0.1, 0.15) is 33.1 Å². The summed E-state index contributed by atoms with van der Waals surface area (Å²) in [6.45, 7) is 6.72. The van der Waals surface area contributed by atoms with E-state index in [0.717, 1.165) is 32.4 Å². The van der Waals surface area contributed by atoms with E-state index in [1.54, 1.807) is 4.90 Å². The van der Waals surface area contributed by atoms with Crippen LogP contribution in [0, 0.1) is 17.3 Å². The molecule has 5 nitrogen and oxygen atoms in total. The normalized spacial score (nSPS) is 30.3. The molecule has 19 heavy (non-hydrogen) atoms. The predicted octanol–water partition coefficient (Wildman–Crippen LogP) is 0.945. The van der Waals surface area contributed by atoms with Crippen LogP contribution in [0.4, 0.5) is 0 Å². The Hall–Kier alpha value is -1.10. The topological polar surface area (TPSA) is 69.6 Å². The second kappa shape index (κ2) is 5.49. The van der Waals surface area contributed by atoms with E-state index in [9.17, 15) is 9.59 Å². The number of carboxylic acids is 1. The van der Waals surface area contributed by atoms with E-state index < -0.39 is 11.9 Å². The molecule has 2 atom stereocenters. The number of hydrogen-bond acceptors (Lipinski definition) is 3. The molecule has 5 heteroatoms. The van der Waals surface area contributed by atoms with Crippen molar-refractivity contribution in [3.63, 3.8) is 0 Å². The third kappa shape index (κ3) is 2.61. The van der Waals surface area contributed by atoms with E-state index in [1.807, 2.05) is 6.92 Å². The minimum Gasteiger partial charge on any atom is -0.481 e. The number of amides is 1. The van der Waals surface area contributed by atoms with Crippen molar-refractivity contribution >= 4 is 11.9 Å². The largest absolute Gasteiger partial charge is 0.481 e. The summed E-state index contributed by atoms with van der Waals surface area (Å²) in [6, 6.07) is 0. The number of rotatable bonds is 3. The van der Waals surface area contributed by atoms with Gasteiger partial charge in [0, 0.05) is 13.1 Å². The maximum absolute atomic E-state index is 12.8. The van der Waals surface area contributed by atoms with Gasteiger partial charge < -0.3 is 15.3 Å². The Morgan fingerprint density at radius 3 is 2.42 bits per heavy atom. The van der Waals surface area contributed by atoms with Crippen molar-refractivity contribution in [2.45, 2.75) is 33.1 Å². The maximum Gasteiger partial charge on any atom is 0.308 e. The fourth-order valence-corrected chi connectivity index (χ4v) is 3.41. The Morgan fingerprint density at radius 2 is 1.95 bits per heavy atom. The second-order valence-electron chi connectivity index (χ2n) is 6.02. The van der Waals surface area contributed by atoms with Gasteiger partial charge in [-0.15, -0.1) is 0 Å². The van der Waals surface area contributed by atoms with Gasteiger partial charge in [-0.1, -0.05) is 13.8 Å². The SMILES string of the molecule is CCC1(C(=O)N2CC(C)C(C(=O)O)C2)CCNCC1. The zero-order valence-electron chi connectivity index (χ0n) is 11.8. The highest BCUT2D eigenvalue weighted by molar-refractivity contribution is 5.84. The third-order valence-electron chi connectivity index (χ3n) is 4.91. The molecule has 2 aliphatic rings. The molecule has 2 fully saturated rings. The zero-order chi connectivity index (χ0) is 14.0. The molecule has 0 aliphatic carbocycles. The van der Waals surface area contributed by atoms with Gasteiger partial charge in [-0.3, -0.25) is 9.59 Å². The number of carbonyl (C=O) groups excluding carboxylic acids is 1. The molecule has 0 bridgehead atoms. The summed E-state index contributed by atoms with van der Waals surface area (Å²) in [5.41, 5.74) is -0.266. The Balaban J connectivity index is 2.09. The van der Waals surface area contributed by atoms with Gasteiger partial charge in [0.05, 0.1) is 11.3 Å². The molecule has 2 heterocycles. The Kier molecular flexibility index (Phi) is 4.13. The molecule has 0 spiro atoms. The molecule has 0 aromatic heterocycles. The van der Waals surface area contributed by atoms with Gasteiger partial charge in [-0.25, -0.2) is 0 Å². The smallest absolute Gasteiger partial charge is 0.308 e. The van der Waals surface area contributed by atoms with Crippen LogP contribution in [0.5, 0.6) is 0 Å². The molecule has 2 unspecified atom stereocenters. The Morgan fingerprint density at radius 1 is 1.32 bits per heavy atom. The van der Waals surface area contributed by atoms with Crippen LogP contribution in [0.25, 0.3) is 0 Å². The van der Waals surface area contributed by atoms with Crippen LogP contribution in [-0.2, 0) is 9.59 Å². The van der Waals surface area contributed by atoms with Gasteiger partial charge in [0.1, 0.15) is 0 Å². The van der Waals surface area contributed by atoms with E-state index in [4.69, 9.17) is 5.11 Å². The summed E-state index contributed by atoms with van der Waals surface area (Å²) >= 11 is 0. The molecule has 2 N–H and O–H groups in total. The summed E-state index contributed by atoms with van der Waals surface area (Å²) in [5.74, 6) is -0.956. The summed E-state index contributed by atoms with van der Waals surface area (Å²) in [5, 5.41) is 12.5. The van der Waals surface area contributed by atoms with E-state index in [-0.39, 0.29) is 17.2 Å². The van der Waals surface area contributed by atoms with Gasteiger partial charge in [-0.05, 0) is 38.3 Å². The molecular weight excluding hydrogens is 244 g/mol. The Labute approximate surface area is 114 Å². The number of piperidine rings is 1. The fourth-order valence-electron chi connectivity index (χ4n) is 3.41. The molecule has 1 amide bonds. The monoisotopic (exact) mass is 268 g/mol. The fraction of sp³-hybridized carbons (Fsp3) is 0.857. The van der Waals surface area contributed by atoms with Gasteiger partial charge >= 0.3 is 5.97 Å². The number of carboxylic acid groups (broad SMARTS) is 1. The molecule has 0 aromatic rings. The summed E-state index contributed by atoms with van der Waals surface area (Å²) < 4.78 is 0. The first-order valence-electron chi connectivity index (χ1n) is 7.23. The quantitative estimate of drug-likeness (QED) is 0.799. The molecule has 2 rings (SSSR count). The second-order valence-corrected chi connectivity index (χ2v) is 6.02. The highest BCUT2D eigenvalue weighted by atomic mass is 16.4. The molecule has 0 radical (unpaired) electrons. The lowest BCUT2D eigenvalue weighted by molar-refractivity contribution is -0.144. The van der Waals surface area contributed by atoms with Gasteiger partial charge in [0.2, 0.25) is 5.91 Å². The van der Waals surface area contributed by atoms with Crippen LogP contribution in [-0.4, -0.2) is 48.1 Å². The molecule has 2 saturated heterocycles. The molecule has 0 aromatic carbocycles. The number of nitrogens with one attached hydrogen (secondary N) is 1. The lowest BCUT2D eigenvalue weighted by Crippen LogP contribution is -2.48. The first-order valence-corrected chi connectivity index (χ1v) is 7.23. The van der Waals surface area contributed by atoms with Crippen molar-refractivity contribution < 1.29 is 14.7 Å². The van der Waals surface area contributed by atoms with Crippen LogP contribution in [0.2, 0.25) is 0 Å². The average Bonchev–Trinajstić information content (AvgIpc) is 2.81. The van der Waals surface area contributed by atoms with Crippen molar-refractivity contribution in [3.05, 3.63) is 0 Å². The minimum absolute atomic E-state index is 0.0528. The number of nitrogens with zero attached hydrogens (tertiary/aromatic N) is 1. The first kappa shape index (κ1) is 14.3. The molecule has 2 aliphatic heterocycles. The van der Waals surface area contributed by atoms with Gasteiger partial charge in [-0.2, -0.15) is 0 Å². The van der Waals surface area contributed by atoms with E-state index in [1.165, 1.54) is 0 Å². The lowest BCUT2D eigenvalue weighted by atomic mass is 9.75. The number of hydrogen-bond donors (Lipinski definition) is 2. The lowest BCUT2D eigenvalue weighted by Gasteiger charge is -2.38. The highest BCUT2D eigenvalue weighted by Gasteiger charge is 2.45. The Bertz CT molecular complexity index is 364. The molecular formula is C14H24N2O3. The minimum atomic E-state index is -0.779. The van der Waals surface area contributed by atoms with Crippen LogP contribution in [0.3, 0.4) is 0 Å². The van der Waals surface area contributed by atoms with E-state index in [0.29, 0.717) is 13.1 Å². The van der Waals surface area contributed by atoms with Crippen LogP contribution < -0.4 is 5.32 Å². The highest BCUT2D eigenvalue weighted by Crippen LogP contribution is 2.37. The summed E-state index contributed by atoms with van der Waals surface area (Å²) in [7, 11) is 0. The average molecular weight is 268 g/mol. The van der Waals surface area contributed by atoms with E-state index in [2.05, 4.69) is 12.2 Å². The first-order chi connectivity index (χ1) is 9.00. The maximum atomic E-state index is 12.8. The number of likely N-dealkylation sites (tertiary alicyclic amines) is 1. The number of aliphatic carboxylic acids is 1. The zero-order valence-corrected chi connectivity index (χ0v) is 11.8.